The summed E-state index contributed by atoms with van der Waals surface area (Å²) < 4.78 is 131. The minimum absolute atomic E-state index is 0.0215. The molecule has 0 unspecified atom stereocenters. The van der Waals surface area contributed by atoms with Gasteiger partial charge in [0.15, 0.2) is 11.5 Å². The fourth-order valence-electron chi connectivity index (χ4n) is 8.28. The first-order valence-corrected chi connectivity index (χ1v) is 20.1. The monoisotopic (exact) mass is 836 g/mol. The van der Waals surface area contributed by atoms with Crippen molar-refractivity contribution in [3.63, 3.8) is 0 Å². The van der Waals surface area contributed by atoms with Gasteiger partial charge < -0.3 is 10.3 Å². The zero-order valence-electron chi connectivity index (χ0n) is 30.9. The van der Waals surface area contributed by atoms with E-state index in [0.717, 1.165) is 24.0 Å². The van der Waals surface area contributed by atoms with Gasteiger partial charge in [-0.25, -0.2) is 22.2 Å². The van der Waals surface area contributed by atoms with Gasteiger partial charge in [0, 0.05) is 46.8 Å². The van der Waals surface area contributed by atoms with Crippen molar-refractivity contribution < 1.29 is 43.9 Å². The number of anilines is 1. The molecule has 0 bridgehead atoms. The highest BCUT2D eigenvalue weighted by atomic mass is 32.2. The van der Waals surface area contributed by atoms with Gasteiger partial charge in [-0.2, -0.15) is 32.1 Å². The molecule has 1 amide bonds. The maximum atomic E-state index is 15.5. The summed E-state index contributed by atoms with van der Waals surface area (Å²) in [6.07, 6.45) is -4.55. The molecule has 3 aromatic carbocycles. The highest BCUT2D eigenvalue weighted by Gasteiger charge is 2.68. The van der Waals surface area contributed by atoms with Gasteiger partial charge in [-0.15, -0.1) is 0 Å². The van der Waals surface area contributed by atoms with Crippen molar-refractivity contribution in [3.05, 3.63) is 119 Å². The van der Waals surface area contributed by atoms with Crippen LogP contribution >= 0.6 is 0 Å². The minimum atomic E-state index is -5.06. The van der Waals surface area contributed by atoms with Crippen molar-refractivity contribution in [1.29, 1.82) is 0 Å². The van der Waals surface area contributed by atoms with Crippen molar-refractivity contribution in [2.24, 2.45) is 13.0 Å². The van der Waals surface area contributed by atoms with Crippen LogP contribution in [0, 0.1) is 17.6 Å². The summed E-state index contributed by atoms with van der Waals surface area (Å²) >= 11 is 0. The van der Waals surface area contributed by atoms with Crippen LogP contribution in [0.5, 0.6) is 0 Å². The Bertz CT molecular complexity index is 2940. The summed E-state index contributed by atoms with van der Waals surface area (Å²) in [5.74, 6) is -8.89. The number of rotatable bonds is 10. The fourth-order valence-corrected chi connectivity index (χ4v) is 8.78. The zero-order valence-corrected chi connectivity index (χ0v) is 31.7. The van der Waals surface area contributed by atoms with Gasteiger partial charge in [-0.3, -0.25) is 18.9 Å². The van der Waals surface area contributed by atoms with Crippen LogP contribution in [-0.2, 0) is 46.9 Å². The van der Waals surface area contributed by atoms with Gasteiger partial charge in [-0.05, 0) is 60.2 Å². The highest BCUT2D eigenvalue weighted by Crippen LogP contribution is 2.68. The average Bonchev–Trinajstić information content (AvgIpc) is 3.42. The number of pyridine rings is 1. The van der Waals surface area contributed by atoms with Gasteiger partial charge in [0.05, 0.1) is 34.5 Å². The third kappa shape index (κ3) is 6.85. The number of halogens is 7. The number of nitrogens with zero attached hydrogens (tertiary/aromatic N) is 5. The van der Waals surface area contributed by atoms with Crippen LogP contribution in [0.4, 0.5) is 36.6 Å². The Morgan fingerprint density at radius 2 is 1.71 bits per heavy atom. The van der Waals surface area contributed by atoms with Crippen molar-refractivity contribution >= 4 is 43.7 Å². The molecule has 3 atom stereocenters. The number of sulfonamides is 1. The summed E-state index contributed by atoms with van der Waals surface area (Å²) in [5.41, 5.74) is 0.699. The van der Waals surface area contributed by atoms with E-state index in [1.54, 1.807) is 37.4 Å². The Labute approximate surface area is 330 Å². The number of para-hydroxylation sites is 1. The Morgan fingerprint density at radius 3 is 2.41 bits per heavy atom. The normalized spacial score (nSPS) is 17.6. The molecule has 4 aromatic heterocycles. The van der Waals surface area contributed by atoms with E-state index < -0.39 is 81.0 Å². The molecule has 0 spiro atoms. The number of fused-ring (bicyclic) bond motifs is 5. The van der Waals surface area contributed by atoms with Gasteiger partial charge in [0.1, 0.15) is 23.9 Å². The highest BCUT2D eigenvalue weighted by molar-refractivity contribution is 7.92. The molecule has 19 heteroatoms. The topological polar surface area (TPSA) is 140 Å². The Kier molecular flexibility index (Phi) is 8.70. The molecule has 3 N–H and O–H groups in total. The molecule has 4 heterocycles. The lowest BCUT2D eigenvalue weighted by molar-refractivity contribution is -0.142. The van der Waals surface area contributed by atoms with Crippen molar-refractivity contribution in [2.75, 3.05) is 11.0 Å². The molecule has 304 valence electrons. The van der Waals surface area contributed by atoms with Gasteiger partial charge in [0.25, 0.3) is 5.92 Å². The molecule has 9 rings (SSSR count). The summed E-state index contributed by atoms with van der Waals surface area (Å²) in [6, 6.07) is 19.1. The predicted octanol–water partition coefficient (Wildman–Crippen LogP) is 7.96. The SMILES string of the molecule is Cn1nc(NS(C)(=O)=O)c2cccc(-c3cc4[nH]c(-c5ccccc5)cc4nc3[C@H](Cc3cc(F)cc(F)c3)NC(=O)Cn3nc(C(F)(F)F)c4c3C(F)(F)[C@@H]3C[C@H]43)c21. The first-order chi connectivity index (χ1) is 27.9. The van der Waals surface area contributed by atoms with E-state index in [2.05, 4.69) is 25.2 Å². The number of nitrogens with one attached hydrogen (secondary N) is 3. The van der Waals surface area contributed by atoms with Crippen molar-refractivity contribution in [2.45, 2.75) is 43.4 Å². The van der Waals surface area contributed by atoms with Crippen LogP contribution in [0.3, 0.4) is 0 Å². The molecule has 0 saturated heterocycles. The summed E-state index contributed by atoms with van der Waals surface area (Å²) in [4.78, 5) is 22.3. The molecule has 59 heavy (non-hydrogen) atoms. The lowest BCUT2D eigenvalue weighted by Crippen LogP contribution is -2.35. The quantitative estimate of drug-likeness (QED) is 0.120. The second-order valence-corrected chi connectivity index (χ2v) is 16.6. The maximum absolute atomic E-state index is 15.5. The van der Waals surface area contributed by atoms with E-state index in [1.165, 1.54) is 4.68 Å². The summed E-state index contributed by atoms with van der Waals surface area (Å²) in [6.45, 7) is -1.04. The first-order valence-electron chi connectivity index (χ1n) is 18.2. The van der Waals surface area contributed by atoms with E-state index in [9.17, 15) is 35.2 Å². The van der Waals surface area contributed by atoms with E-state index in [1.807, 2.05) is 30.3 Å². The lowest BCUT2D eigenvalue weighted by atomic mass is 9.93. The van der Waals surface area contributed by atoms with Gasteiger partial charge in [0.2, 0.25) is 15.9 Å². The van der Waals surface area contributed by atoms with Gasteiger partial charge in [-0.1, -0.05) is 42.5 Å². The fraction of sp³-hybridized carbons (Fsp3) is 0.250. The molecule has 11 nitrogen and oxygen atoms in total. The Hall–Kier alpha value is -6.24. The zero-order chi connectivity index (χ0) is 41.8. The molecule has 0 aliphatic heterocycles. The summed E-state index contributed by atoms with van der Waals surface area (Å²) in [7, 11) is -2.19. The average molecular weight is 837 g/mol. The minimum Gasteiger partial charge on any atom is -0.353 e. The van der Waals surface area contributed by atoms with E-state index in [0.29, 0.717) is 49.5 Å². The molecular weight excluding hydrogens is 806 g/mol. The number of hydrogen-bond acceptors (Lipinski definition) is 6. The largest absolute Gasteiger partial charge is 0.435 e. The number of alkyl halides is 5. The number of aromatic nitrogens is 6. The standard InChI is InChI=1S/C40H31F7N8O3S/c1-54-35-23(9-6-10-24(35)38(52-54)53-59(2,57)58)25-16-29-30(17-28(48-29)20-7-4-3-5-8-20)50-34(25)31(13-19-11-21(41)14-22(42)12-19)49-32(56)18-55-37-33(36(51-55)40(45,46)47)26-15-27(26)39(37,43)44/h3-12,14,16-17,26-27,31,48H,13,15,18H2,1-2H3,(H,49,56)(H,52,53)/t26-,27+,31-/m0/s1. The van der Waals surface area contributed by atoms with Gasteiger partial charge >= 0.3 is 6.18 Å². The molecule has 1 saturated carbocycles. The van der Waals surface area contributed by atoms with Crippen LogP contribution in [0.15, 0.2) is 78.9 Å². The maximum Gasteiger partial charge on any atom is 0.435 e. The predicted molar refractivity (Wildman–Crippen MR) is 203 cm³/mol. The smallest absolute Gasteiger partial charge is 0.353 e. The van der Waals surface area contributed by atoms with Crippen molar-refractivity contribution in [1.82, 2.24) is 34.8 Å². The van der Waals surface area contributed by atoms with Crippen LogP contribution < -0.4 is 10.0 Å². The van der Waals surface area contributed by atoms with Crippen LogP contribution in [0.1, 0.15) is 46.6 Å². The van der Waals surface area contributed by atoms with Crippen LogP contribution in [0.25, 0.3) is 44.3 Å². The number of aryl methyl sites for hydroxylation is 1. The van der Waals surface area contributed by atoms with E-state index in [4.69, 9.17) is 4.98 Å². The lowest BCUT2D eigenvalue weighted by Gasteiger charge is -2.23. The second kappa shape index (κ2) is 13.4. The molecule has 2 aliphatic carbocycles. The molecule has 7 aromatic rings. The third-order valence-electron chi connectivity index (χ3n) is 10.7. The molecule has 0 radical (unpaired) electrons. The third-order valence-corrected chi connectivity index (χ3v) is 11.2. The van der Waals surface area contributed by atoms with E-state index in [-0.39, 0.29) is 29.9 Å². The number of carbonyl (C=O) groups is 1. The van der Waals surface area contributed by atoms with E-state index >= 15 is 8.78 Å². The van der Waals surface area contributed by atoms with Crippen LogP contribution in [0.2, 0.25) is 0 Å². The molecule has 1 fully saturated rings. The van der Waals surface area contributed by atoms with Crippen molar-refractivity contribution in [3.8, 4) is 22.4 Å². The first kappa shape index (κ1) is 38.3. The molecule has 2 aliphatic rings. The summed E-state index contributed by atoms with van der Waals surface area (Å²) in [5, 5.41) is 11.0. The number of hydrogen-bond donors (Lipinski definition) is 3. The number of amides is 1. The number of H-pyrrole nitrogens is 1. The Balaban J connectivity index is 1.21. The van der Waals surface area contributed by atoms with Crippen LogP contribution in [-0.4, -0.2) is 50.1 Å². The number of carbonyl (C=O) groups excluding carboxylic acids is 1. The number of benzene rings is 3. The molecular formula is C40H31F7N8O3S. The second-order valence-electron chi connectivity index (χ2n) is 14.9. The number of aromatic amines is 1. The Morgan fingerprint density at radius 1 is 0.983 bits per heavy atom.